The standard InChI is InChI=1S/C24H30N8O/c1-14-7-8-17(24(3,4)5)11-18(14)26-21-19-20(25-13-31(19)6)27-23(28-21)32-10-9-16(12-32)22-30-29-15(2)33-22/h7-8,11,13,16H,9-10,12H2,1-6H3,(H,26,27,28). The van der Waals surface area contributed by atoms with Gasteiger partial charge in [-0.15, -0.1) is 10.2 Å². The molecule has 1 unspecified atom stereocenters. The van der Waals surface area contributed by atoms with Crippen molar-refractivity contribution in [3.05, 3.63) is 47.4 Å². The van der Waals surface area contributed by atoms with Crippen molar-refractivity contribution >= 4 is 28.6 Å². The number of benzene rings is 1. The molecule has 1 N–H and O–H groups in total. The third-order valence-electron chi connectivity index (χ3n) is 6.28. The van der Waals surface area contributed by atoms with E-state index in [-0.39, 0.29) is 11.3 Å². The van der Waals surface area contributed by atoms with Gasteiger partial charge in [0.25, 0.3) is 0 Å². The number of nitrogens with zero attached hydrogens (tertiary/aromatic N) is 7. The molecular formula is C24H30N8O. The van der Waals surface area contributed by atoms with E-state index >= 15 is 0 Å². The first-order valence-electron chi connectivity index (χ1n) is 11.3. The van der Waals surface area contributed by atoms with Gasteiger partial charge in [-0.1, -0.05) is 32.9 Å². The van der Waals surface area contributed by atoms with E-state index in [1.165, 1.54) is 5.56 Å². The average molecular weight is 447 g/mol. The normalized spacial score (nSPS) is 16.7. The van der Waals surface area contributed by atoms with Gasteiger partial charge in [-0.2, -0.15) is 9.97 Å². The van der Waals surface area contributed by atoms with Gasteiger partial charge in [0.05, 0.1) is 12.2 Å². The summed E-state index contributed by atoms with van der Waals surface area (Å²) in [4.78, 5) is 16.4. The van der Waals surface area contributed by atoms with Crippen molar-refractivity contribution in [1.29, 1.82) is 0 Å². The lowest BCUT2D eigenvalue weighted by Crippen LogP contribution is -2.22. The maximum Gasteiger partial charge on any atom is 0.229 e. The van der Waals surface area contributed by atoms with Crippen LogP contribution < -0.4 is 10.2 Å². The van der Waals surface area contributed by atoms with Crippen molar-refractivity contribution in [1.82, 2.24) is 29.7 Å². The molecule has 1 aromatic carbocycles. The van der Waals surface area contributed by atoms with Crippen LogP contribution in [0, 0.1) is 13.8 Å². The fourth-order valence-corrected chi connectivity index (χ4v) is 4.24. The quantitative estimate of drug-likeness (QED) is 0.493. The predicted molar refractivity (Wildman–Crippen MR) is 128 cm³/mol. The molecule has 0 spiro atoms. The third kappa shape index (κ3) is 4.03. The second-order valence-electron chi connectivity index (χ2n) is 9.90. The maximum absolute atomic E-state index is 5.66. The number of hydrogen-bond acceptors (Lipinski definition) is 8. The van der Waals surface area contributed by atoms with Crippen molar-refractivity contribution in [2.24, 2.45) is 7.05 Å². The average Bonchev–Trinajstić information content (AvgIpc) is 3.49. The molecule has 0 saturated carbocycles. The largest absolute Gasteiger partial charge is 0.425 e. The second-order valence-corrected chi connectivity index (χ2v) is 9.90. The minimum atomic E-state index is 0.0560. The molecule has 1 atom stereocenters. The van der Waals surface area contributed by atoms with Gasteiger partial charge in [0.1, 0.15) is 5.52 Å². The summed E-state index contributed by atoms with van der Waals surface area (Å²) in [5.41, 5.74) is 5.07. The Morgan fingerprint density at radius 3 is 2.67 bits per heavy atom. The Hall–Kier alpha value is -3.49. The van der Waals surface area contributed by atoms with Crippen molar-refractivity contribution in [3.63, 3.8) is 0 Å². The van der Waals surface area contributed by atoms with Crippen molar-refractivity contribution in [2.75, 3.05) is 23.3 Å². The summed E-state index contributed by atoms with van der Waals surface area (Å²) in [6.45, 7) is 12.1. The van der Waals surface area contributed by atoms with Gasteiger partial charge in [0.15, 0.2) is 11.5 Å². The SMILES string of the molecule is Cc1nnc(C2CCN(c3nc(Nc4cc(C(C)(C)C)ccc4C)c4c(ncn4C)n3)C2)o1. The second kappa shape index (κ2) is 7.83. The van der Waals surface area contributed by atoms with Crippen LogP contribution in [0.2, 0.25) is 0 Å². The van der Waals surface area contributed by atoms with Crippen LogP contribution in [0.3, 0.4) is 0 Å². The minimum absolute atomic E-state index is 0.0560. The lowest BCUT2D eigenvalue weighted by molar-refractivity contribution is 0.438. The Balaban J connectivity index is 1.50. The highest BCUT2D eigenvalue weighted by atomic mass is 16.4. The van der Waals surface area contributed by atoms with Gasteiger partial charge < -0.3 is 19.2 Å². The number of rotatable bonds is 4. The summed E-state index contributed by atoms with van der Waals surface area (Å²) in [7, 11) is 1.96. The van der Waals surface area contributed by atoms with Gasteiger partial charge in [0.2, 0.25) is 17.7 Å². The Kier molecular flexibility index (Phi) is 5.07. The number of aryl methyl sites for hydroxylation is 3. The summed E-state index contributed by atoms with van der Waals surface area (Å²) in [5.74, 6) is 2.86. The van der Waals surface area contributed by atoms with E-state index in [4.69, 9.17) is 14.4 Å². The molecule has 0 radical (unpaired) electrons. The molecule has 0 aliphatic carbocycles. The number of fused-ring (bicyclic) bond motifs is 1. The molecule has 5 rings (SSSR count). The number of imidazole rings is 1. The lowest BCUT2D eigenvalue weighted by Gasteiger charge is -2.22. The summed E-state index contributed by atoms with van der Waals surface area (Å²) in [5, 5.41) is 11.8. The molecule has 9 nitrogen and oxygen atoms in total. The Morgan fingerprint density at radius 2 is 1.94 bits per heavy atom. The molecule has 4 heterocycles. The van der Waals surface area contributed by atoms with Crippen LogP contribution in [0.15, 0.2) is 28.9 Å². The molecular weight excluding hydrogens is 416 g/mol. The van der Waals surface area contributed by atoms with E-state index in [1.54, 1.807) is 6.33 Å². The van der Waals surface area contributed by atoms with Gasteiger partial charge >= 0.3 is 0 Å². The predicted octanol–water partition coefficient (Wildman–Crippen LogP) is 4.40. The number of anilines is 3. The summed E-state index contributed by atoms with van der Waals surface area (Å²) < 4.78 is 7.62. The zero-order valence-corrected chi connectivity index (χ0v) is 20.0. The van der Waals surface area contributed by atoms with Crippen LogP contribution in [0.25, 0.3) is 11.2 Å². The molecule has 33 heavy (non-hydrogen) atoms. The zero-order valence-electron chi connectivity index (χ0n) is 20.0. The lowest BCUT2D eigenvalue weighted by atomic mass is 9.86. The van der Waals surface area contributed by atoms with Gasteiger partial charge in [-0.3, -0.25) is 0 Å². The van der Waals surface area contributed by atoms with Crippen LogP contribution in [0.1, 0.15) is 56.0 Å². The fourth-order valence-electron chi connectivity index (χ4n) is 4.24. The van der Waals surface area contributed by atoms with Crippen LogP contribution in [-0.2, 0) is 12.5 Å². The monoisotopic (exact) mass is 446 g/mol. The smallest absolute Gasteiger partial charge is 0.229 e. The van der Waals surface area contributed by atoms with E-state index in [2.05, 4.69) is 71.3 Å². The molecule has 4 aromatic rings. The first-order valence-corrected chi connectivity index (χ1v) is 11.3. The van der Waals surface area contributed by atoms with Crippen LogP contribution in [0.5, 0.6) is 0 Å². The van der Waals surface area contributed by atoms with E-state index in [9.17, 15) is 0 Å². The van der Waals surface area contributed by atoms with Crippen molar-refractivity contribution in [3.8, 4) is 0 Å². The number of nitrogens with one attached hydrogen (secondary N) is 1. The molecule has 3 aromatic heterocycles. The minimum Gasteiger partial charge on any atom is -0.425 e. The van der Waals surface area contributed by atoms with E-state index in [0.29, 0.717) is 23.4 Å². The zero-order chi connectivity index (χ0) is 23.3. The van der Waals surface area contributed by atoms with E-state index in [1.807, 2.05) is 18.5 Å². The molecule has 172 valence electrons. The van der Waals surface area contributed by atoms with Crippen LogP contribution in [-0.4, -0.2) is 42.8 Å². The van der Waals surface area contributed by atoms with E-state index in [0.717, 1.165) is 42.1 Å². The van der Waals surface area contributed by atoms with Gasteiger partial charge in [0, 0.05) is 32.7 Å². The Labute approximate surface area is 193 Å². The fraction of sp³-hybridized carbons (Fsp3) is 0.458. The molecule has 9 heteroatoms. The molecule has 1 aliphatic rings. The first-order chi connectivity index (χ1) is 15.7. The Bertz CT molecular complexity index is 1320. The highest BCUT2D eigenvalue weighted by Crippen LogP contribution is 2.33. The highest BCUT2D eigenvalue weighted by molar-refractivity contribution is 5.87. The highest BCUT2D eigenvalue weighted by Gasteiger charge is 2.30. The van der Waals surface area contributed by atoms with Gasteiger partial charge in [-0.05, 0) is 36.0 Å². The molecule has 0 bridgehead atoms. The maximum atomic E-state index is 5.66. The third-order valence-corrected chi connectivity index (χ3v) is 6.28. The molecule has 1 fully saturated rings. The topological polar surface area (TPSA) is 97.8 Å². The number of hydrogen-bond donors (Lipinski definition) is 1. The molecule has 1 saturated heterocycles. The summed E-state index contributed by atoms with van der Waals surface area (Å²) >= 11 is 0. The first kappa shape index (κ1) is 21.4. The van der Waals surface area contributed by atoms with E-state index < -0.39 is 0 Å². The van der Waals surface area contributed by atoms with Crippen molar-refractivity contribution < 1.29 is 4.42 Å². The van der Waals surface area contributed by atoms with Crippen LogP contribution in [0.4, 0.5) is 17.5 Å². The molecule has 1 aliphatic heterocycles. The van der Waals surface area contributed by atoms with Crippen molar-refractivity contribution in [2.45, 2.75) is 52.4 Å². The summed E-state index contributed by atoms with van der Waals surface area (Å²) in [6.07, 6.45) is 2.70. The Morgan fingerprint density at radius 1 is 1.12 bits per heavy atom. The molecule has 0 amide bonds. The van der Waals surface area contributed by atoms with Gasteiger partial charge in [-0.25, -0.2) is 4.98 Å². The van der Waals surface area contributed by atoms with Crippen LogP contribution >= 0.6 is 0 Å². The summed E-state index contributed by atoms with van der Waals surface area (Å²) in [6, 6.07) is 6.56. The number of aromatic nitrogens is 6.